The number of nitrogens with zero attached hydrogens (tertiary/aromatic N) is 2. The minimum absolute atomic E-state index is 0.151. The van der Waals surface area contributed by atoms with Gasteiger partial charge in [-0.05, 0) is 74.1 Å². The standard InChI is InChI=1S/C26H27F3N2O4/c1-25(2,3)35-23(24(32)33)22-19(26(27,28)29)9-8-18(17-13-30-31(4)14-17)21(22)16-7-10-20-15(12-16)6-5-11-34-20/h7-10,12-14,23H,5-6,11H2,1-4H3,(H,32,33). The second kappa shape index (κ2) is 9.03. The Morgan fingerprint density at radius 1 is 1.17 bits per heavy atom. The van der Waals surface area contributed by atoms with Crippen molar-refractivity contribution in [3.05, 3.63) is 59.4 Å². The lowest BCUT2D eigenvalue weighted by molar-refractivity contribution is -0.163. The second-order valence-corrected chi connectivity index (χ2v) is 9.57. The highest BCUT2D eigenvalue weighted by molar-refractivity contribution is 5.90. The van der Waals surface area contributed by atoms with Crippen molar-refractivity contribution in [1.29, 1.82) is 0 Å². The normalized spacial score (nSPS) is 14.8. The highest BCUT2D eigenvalue weighted by Gasteiger charge is 2.41. The van der Waals surface area contributed by atoms with Crippen LogP contribution in [-0.4, -0.2) is 33.1 Å². The van der Waals surface area contributed by atoms with Crippen LogP contribution in [0.5, 0.6) is 5.75 Å². The van der Waals surface area contributed by atoms with E-state index in [1.165, 1.54) is 16.9 Å². The van der Waals surface area contributed by atoms with Gasteiger partial charge in [0.25, 0.3) is 0 Å². The summed E-state index contributed by atoms with van der Waals surface area (Å²) in [6.45, 7) is 5.40. The van der Waals surface area contributed by atoms with Crippen molar-refractivity contribution in [2.45, 2.75) is 51.5 Å². The number of aryl methyl sites for hydroxylation is 2. The topological polar surface area (TPSA) is 73.6 Å². The monoisotopic (exact) mass is 488 g/mol. The molecular weight excluding hydrogens is 461 g/mol. The van der Waals surface area contributed by atoms with Crippen LogP contribution in [0.3, 0.4) is 0 Å². The molecule has 0 spiro atoms. The lowest BCUT2D eigenvalue weighted by Gasteiger charge is -2.30. The summed E-state index contributed by atoms with van der Waals surface area (Å²) in [7, 11) is 1.70. The number of hydrogen-bond donors (Lipinski definition) is 1. The molecule has 1 atom stereocenters. The second-order valence-electron chi connectivity index (χ2n) is 9.57. The van der Waals surface area contributed by atoms with Gasteiger partial charge >= 0.3 is 12.1 Å². The van der Waals surface area contributed by atoms with Crippen LogP contribution in [0.25, 0.3) is 22.3 Å². The number of carbonyl (C=O) groups is 1. The van der Waals surface area contributed by atoms with E-state index >= 15 is 0 Å². The molecule has 0 amide bonds. The van der Waals surface area contributed by atoms with E-state index in [0.29, 0.717) is 35.5 Å². The Hall–Kier alpha value is -3.33. The maximum absolute atomic E-state index is 14.3. The van der Waals surface area contributed by atoms with Gasteiger partial charge in [0.05, 0.1) is 24.0 Å². The van der Waals surface area contributed by atoms with Gasteiger partial charge in [0.2, 0.25) is 0 Å². The third-order valence-electron chi connectivity index (χ3n) is 5.72. The Morgan fingerprint density at radius 3 is 2.51 bits per heavy atom. The smallest absolute Gasteiger partial charge is 0.416 e. The first-order valence-corrected chi connectivity index (χ1v) is 11.2. The van der Waals surface area contributed by atoms with Gasteiger partial charge in [-0.15, -0.1) is 0 Å². The molecule has 2 aromatic carbocycles. The van der Waals surface area contributed by atoms with Crippen molar-refractivity contribution in [3.8, 4) is 28.0 Å². The molecule has 0 bridgehead atoms. The zero-order valence-electron chi connectivity index (χ0n) is 19.9. The van der Waals surface area contributed by atoms with E-state index in [1.807, 2.05) is 0 Å². The van der Waals surface area contributed by atoms with Gasteiger partial charge in [0.1, 0.15) is 5.75 Å². The maximum atomic E-state index is 14.3. The van der Waals surface area contributed by atoms with Crippen molar-refractivity contribution >= 4 is 5.97 Å². The van der Waals surface area contributed by atoms with Crippen LogP contribution in [0.1, 0.15) is 50.0 Å². The van der Waals surface area contributed by atoms with E-state index in [4.69, 9.17) is 9.47 Å². The average Bonchev–Trinajstić information content (AvgIpc) is 3.21. The quantitative estimate of drug-likeness (QED) is 0.474. The fourth-order valence-electron chi connectivity index (χ4n) is 4.35. The number of rotatable bonds is 5. The molecule has 0 saturated heterocycles. The summed E-state index contributed by atoms with van der Waals surface area (Å²) < 4.78 is 55.9. The van der Waals surface area contributed by atoms with Crippen molar-refractivity contribution in [3.63, 3.8) is 0 Å². The Labute approximate surface area is 201 Å². The number of carboxylic acids is 1. The summed E-state index contributed by atoms with van der Waals surface area (Å²) in [6, 6.07) is 7.46. The Morgan fingerprint density at radius 2 is 1.91 bits per heavy atom. The molecule has 1 aliphatic heterocycles. The Kier molecular flexibility index (Phi) is 6.40. The molecule has 0 radical (unpaired) electrons. The molecule has 1 unspecified atom stereocenters. The number of ether oxygens (including phenoxy) is 2. The van der Waals surface area contributed by atoms with Gasteiger partial charge < -0.3 is 14.6 Å². The van der Waals surface area contributed by atoms with Crippen LogP contribution >= 0.6 is 0 Å². The zero-order chi connectivity index (χ0) is 25.5. The number of carboxylic acid groups (broad SMARTS) is 1. The molecular formula is C26H27F3N2O4. The molecule has 1 aromatic heterocycles. The van der Waals surface area contributed by atoms with Crippen molar-refractivity contribution in [2.75, 3.05) is 6.61 Å². The molecule has 9 heteroatoms. The summed E-state index contributed by atoms with van der Waals surface area (Å²) in [5.74, 6) is -0.825. The van der Waals surface area contributed by atoms with Crippen molar-refractivity contribution < 1.29 is 32.5 Å². The van der Waals surface area contributed by atoms with Gasteiger partial charge in [-0.25, -0.2) is 4.79 Å². The van der Waals surface area contributed by atoms with Crippen LogP contribution in [0.4, 0.5) is 13.2 Å². The van der Waals surface area contributed by atoms with Crippen LogP contribution in [0.15, 0.2) is 42.7 Å². The number of aromatic nitrogens is 2. The van der Waals surface area contributed by atoms with Crippen LogP contribution in [-0.2, 0) is 29.2 Å². The molecule has 1 aliphatic rings. The summed E-state index contributed by atoms with van der Waals surface area (Å²) in [5.41, 5.74) is -0.0396. The predicted molar refractivity (Wildman–Crippen MR) is 124 cm³/mol. The van der Waals surface area contributed by atoms with Crippen LogP contribution in [0.2, 0.25) is 0 Å². The minimum atomic E-state index is -4.80. The number of hydrogen-bond acceptors (Lipinski definition) is 4. The maximum Gasteiger partial charge on any atom is 0.416 e. The number of fused-ring (bicyclic) bond motifs is 1. The molecule has 186 valence electrons. The largest absolute Gasteiger partial charge is 0.493 e. The molecule has 6 nitrogen and oxygen atoms in total. The number of benzene rings is 2. The van der Waals surface area contributed by atoms with E-state index in [-0.39, 0.29) is 5.56 Å². The van der Waals surface area contributed by atoms with Gasteiger partial charge in [-0.1, -0.05) is 12.1 Å². The lowest BCUT2D eigenvalue weighted by atomic mass is 9.84. The van der Waals surface area contributed by atoms with E-state index in [9.17, 15) is 23.1 Å². The van der Waals surface area contributed by atoms with Crippen LogP contribution < -0.4 is 4.74 Å². The highest BCUT2D eigenvalue weighted by Crippen LogP contribution is 2.47. The summed E-state index contributed by atoms with van der Waals surface area (Å²) in [5, 5.41) is 14.2. The molecule has 0 saturated carbocycles. The molecule has 0 aliphatic carbocycles. The summed E-state index contributed by atoms with van der Waals surface area (Å²) in [4.78, 5) is 12.4. The van der Waals surface area contributed by atoms with Gasteiger partial charge in [-0.3, -0.25) is 4.68 Å². The van der Waals surface area contributed by atoms with Gasteiger partial charge in [-0.2, -0.15) is 18.3 Å². The van der Waals surface area contributed by atoms with Crippen molar-refractivity contribution in [2.24, 2.45) is 7.05 Å². The first kappa shape index (κ1) is 24.8. The zero-order valence-corrected chi connectivity index (χ0v) is 19.9. The fourth-order valence-corrected chi connectivity index (χ4v) is 4.35. The lowest BCUT2D eigenvalue weighted by Crippen LogP contribution is -2.29. The molecule has 2 heterocycles. The van der Waals surface area contributed by atoms with Gasteiger partial charge in [0, 0.05) is 24.4 Å². The number of halogens is 3. The Balaban J connectivity index is 2.09. The van der Waals surface area contributed by atoms with Gasteiger partial charge in [0.15, 0.2) is 6.10 Å². The molecule has 3 aromatic rings. The first-order valence-electron chi connectivity index (χ1n) is 11.2. The average molecular weight is 489 g/mol. The van der Waals surface area contributed by atoms with Crippen molar-refractivity contribution in [1.82, 2.24) is 9.78 Å². The molecule has 35 heavy (non-hydrogen) atoms. The molecule has 1 N–H and O–H groups in total. The van der Waals surface area contributed by atoms with E-state index in [2.05, 4.69) is 5.10 Å². The highest BCUT2D eigenvalue weighted by atomic mass is 19.4. The van der Waals surface area contributed by atoms with E-state index in [1.54, 1.807) is 52.2 Å². The number of aliphatic carboxylic acids is 1. The SMILES string of the molecule is Cn1cc(-c2ccc(C(F)(F)F)c(C(OC(C)(C)C)C(=O)O)c2-c2ccc3c(c2)CCCO3)cn1. The molecule has 0 fully saturated rings. The Bertz CT molecular complexity index is 1260. The van der Waals surface area contributed by atoms with Crippen LogP contribution in [0, 0.1) is 0 Å². The van der Waals surface area contributed by atoms with E-state index in [0.717, 1.165) is 18.1 Å². The predicted octanol–water partition coefficient (Wildman–Crippen LogP) is 6.04. The fraction of sp³-hybridized carbons (Fsp3) is 0.385. The third-order valence-corrected chi connectivity index (χ3v) is 5.72. The third kappa shape index (κ3) is 5.19. The number of alkyl halides is 3. The first-order chi connectivity index (χ1) is 16.3. The molecule has 4 rings (SSSR count). The summed E-state index contributed by atoms with van der Waals surface area (Å²) in [6.07, 6.45) is -1.95. The van der Waals surface area contributed by atoms with E-state index < -0.39 is 35.0 Å². The summed E-state index contributed by atoms with van der Waals surface area (Å²) >= 11 is 0. The minimum Gasteiger partial charge on any atom is -0.493 e.